The summed E-state index contributed by atoms with van der Waals surface area (Å²) in [6.45, 7) is 0. The van der Waals surface area contributed by atoms with Gasteiger partial charge in [0.2, 0.25) is 11.2 Å². The van der Waals surface area contributed by atoms with Crippen molar-refractivity contribution in [1.29, 1.82) is 0 Å². The van der Waals surface area contributed by atoms with E-state index in [0.717, 1.165) is 24.3 Å². The van der Waals surface area contributed by atoms with Gasteiger partial charge < -0.3 is 16.2 Å². The van der Waals surface area contributed by atoms with Crippen LogP contribution in [0.4, 0.5) is 28.4 Å². The lowest BCUT2D eigenvalue weighted by molar-refractivity contribution is 0.0980. The van der Waals surface area contributed by atoms with E-state index in [2.05, 4.69) is 30.3 Å². The summed E-state index contributed by atoms with van der Waals surface area (Å²) in [6, 6.07) is 13.7. The Labute approximate surface area is 286 Å². The van der Waals surface area contributed by atoms with Crippen LogP contribution in [0.5, 0.6) is 6.01 Å². The van der Waals surface area contributed by atoms with Crippen LogP contribution in [0.25, 0.3) is 0 Å². The van der Waals surface area contributed by atoms with Gasteiger partial charge in [-0.1, -0.05) is 36.4 Å². The molecule has 19 nitrogen and oxygen atoms in total. The van der Waals surface area contributed by atoms with E-state index in [1.165, 1.54) is 48.5 Å². The van der Waals surface area contributed by atoms with E-state index in [9.17, 15) is 53.6 Å². The van der Waals surface area contributed by atoms with Gasteiger partial charge in [-0.15, -0.1) is 0 Å². The SMILES string of the molecule is Nc1c(S(=O)(=O)O)cc(Nc2ccc(N=c3[nH]c(O)nc(=Nc4ccccc4S(=O)(=O)O)[nH]3)c(S(=O)(=O)O)c2)c2c1C(=O)c1ccccc1C2=O. The summed E-state index contributed by atoms with van der Waals surface area (Å²) in [4.78, 5) is 41.1. The van der Waals surface area contributed by atoms with Crippen LogP contribution in [0.1, 0.15) is 31.8 Å². The average Bonchev–Trinajstić information content (AvgIpc) is 3.03. The van der Waals surface area contributed by atoms with Crippen molar-refractivity contribution >= 4 is 70.4 Å². The number of aromatic amines is 2. The molecule has 9 N–H and O–H groups in total. The third kappa shape index (κ3) is 6.77. The third-order valence-electron chi connectivity index (χ3n) is 7.27. The minimum atomic E-state index is -5.11. The number of aromatic nitrogens is 3. The molecule has 1 aliphatic carbocycles. The Morgan fingerprint density at radius 1 is 0.667 bits per heavy atom. The molecule has 6 rings (SSSR count). The highest BCUT2D eigenvalue weighted by Crippen LogP contribution is 2.40. The fourth-order valence-electron chi connectivity index (χ4n) is 5.16. The molecule has 51 heavy (non-hydrogen) atoms. The van der Waals surface area contributed by atoms with Crippen molar-refractivity contribution in [2.45, 2.75) is 14.7 Å². The van der Waals surface area contributed by atoms with E-state index < -0.39 is 90.8 Å². The maximum absolute atomic E-state index is 13.6. The fourth-order valence-corrected chi connectivity index (χ4v) is 7.09. The van der Waals surface area contributed by atoms with Gasteiger partial charge in [-0.25, -0.2) is 9.98 Å². The molecule has 0 unspecified atom stereocenters. The number of H-pyrrole nitrogens is 2. The first kappa shape index (κ1) is 34.8. The summed E-state index contributed by atoms with van der Waals surface area (Å²) < 4.78 is 102. The molecule has 1 aromatic heterocycles. The summed E-state index contributed by atoms with van der Waals surface area (Å²) in [7, 11) is -14.9. The lowest BCUT2D eigenvalue weighted by Crippen LogP contribution is -2.26. The predicted octanol–water partition coefficient (Wildman–Crippen LogP) is 1.75. The van der Waals surface area contributed by atoms with Gasteiger partial charge in [-0.05, 0) is 36.4 Å². The van der Waals surface area contributed by atoms with E-state index in [4.69, 9.17) is 5.73 Å². The van der Waals surface area contributed by atoms with E-state index in [1.54, 1.807) is 0 Å². The van der Waals surface area contributed by atoms with Gasteiger partial charge >= 0.3 is 0 Å². The maximum atomic E-state index is 13.6. The van der Waals surface area contributed by atoms with E-state index in [0.29, 0.717) is 0 Å². The number of nitrogens with zero attached hydrogens (tertiary/aromatic N) is 3. The maximum Gasteiger partial charge on any atom is 0.297 e. The van der Waals surface area contributed by atoms with Crippen molar-refractivity contribution in [3.63, 3.8) is 0 Å². The number of carbonyl (C=O) groups is 2. The number of hydrogen-bond donors (Lipinski definition) is 8. The minimum Gasteiger partial charge on any atom is -0.480 e. The fraction of sp³-hybridized carbons (Fsp3) is 0. The molecule has 22 heteroatoms. The van der Waals surface area contributed by atoms with Crippen LogP contribution in [0.3, 0.4) is 0 Å². The molecule has 1 aliphatic rings. The second-order valence-corrected chi connectivity index (χ2v) is 14.7. The Kier molecular flexibility index (Phi) is 8.45. The van der Waals surface area contributed by atoms with Crippen molar-refractivity contribution in [1.82, 2.24) is 15.0 Å². The zero-order chi connectivity index (χ0) is 37.0. The molecule has 0 aliphatic heterocycles. The number of anilines is 3. The standard InChI is InChI=1S/C29H21N7O12S3/c30-24-21(51(46,47)48)12-18(22-23(24)26(38)15-6-2-1-5-14(15)25(22)37)31-13-9-10-17(20(11-13)50(43,44)45)33-28-34-27(35-29(39)36-28)32-16-7-3-4-8-19(16)49(40,41)42/h1-12,31H,30H2,(H,40,41,42)(H,43,44,45)(H,46,47,48)(H3,32,33,34,35,36,39). The first-order valence-corrected chi connectivity index (χ1v) is 18.2. The Morgan fingerprint density at radius 2 is 1.24 bits per heavy atom. The Balaban J connectivity index is 1.49. The highest BCUT2D eigenvalue weighted by Gasteiger charge is 2.36. The Hall–Kier alpha value is -6.04. The predicted molar refractivity (Wildman–Crippen MR) is 175 cm³/mol. The number of benzene rings is 4. The first-order valence-electron chi connectivity index (χ1n) is 13.9. The zero-order valence-electron chi connectivity index (χ0n) is 25.1. The summed E-state index contributed by atoms with van der Waals surface area (Å²) in [6.07, 6.45) is 0. The van der Waals surface area contributed by atoms with Crippen molar-refractivity contribution < 1.29 is 53.6 Å². The number of fused-ring (bicyclic) bond motifs is 2. The minimum absolute atomic E-state index is 0.0366. The van der Waals surface area contributed by atoms with Gasteiger partial charge in [0, 0.05) is 16.8 Å². The number of ketones is 2. The molecule has 0 bridgehead atoms. The number of carbonyl (C=O) groups excluding carboxylic acids is 2. The van der Waals surface area contributed by atoms with Gasteiger partial charge in [0.25, 0.3) is 36.4 Å². The Morgan fingerprint density at radius 3 is 1.86 bits per heavy atom. The molecule has 0 spiro atoms. The quantitative estimate of drug-likeness (QED) is 0.0850. The Bertz CT molecular complexity index is 2830. The first-order chi connectivity index (χ1) is 23.8. The lowest BCUT2D eigenvalue weighted by Gasteiger charge is -2.23. The number of nitrogens with one attached hydrogen (secondary N) is 3. The highest BCUT2D eigenvalue weighted by molar-refractivity contribution is 7.86. The number of aromatic hydroxyl groups is 1. The van der Waals surface area contributed by atoms with Crippen molar-refractivity contribution in [3.8, 4) is 6.01 Å². The van der Waals surface area contributed by atoms with Crippen LogP contribution in [0.15, 0.2) is 97.5 Å². The van der Waals surface area contributed by atoms with Crippen LogP contribution >= 0.6 is 0 Å². The molecular formula is C29H21N7O12S3. The summed E-state index contributed by atoms with van der Waals surface area (Å²) in [5, 5.41) is 12.8. The van der Waals surface area contributed by atoms with Gasteiger partial charge in [0.05, 0.1) is 33.9 Å². The number of nitrogens with two attached hydrogens (primary N) is 1. The second kappa shape index (κ2) is 12.4. The summed E-state index contributed by atoms with van der Waals surface area (Å²) >= 11 is 0. The third-order valence-corrected chi connectivity index (χ3v) is 9.95. The molecule has 0 saturated heterocycles. The molecule has 1 heterocycles. The normalized spacial score (nSPS) is 13.9. The van der Waals surface area contributed by atoms with Crippen LogP contribution in [-0.4, -0.2) is 70.5 Å². The monoisotopic (exact) mass is 755 g/mol. The molecule has 0 amide bonds. The number of para-hydroxylation sites is 1. The van der Waals surface area contributed by atoms with E-state index in [1.807, 2.05) is 0 Å². The molecule has 5 aromatic rings. The number of rotatable bonds is 7. The van der Waals surface area contributed by atoms with Crippen molar-refractivity contribution in [3.05, 3.63) is 106 Å². The molecule has 4 aromatic carbocycles. The van der Waals surface area contributed by atoms with Crippen LogP contribution in [-0.2, 0) is 30.4 Å². The van der Waals surface area contributed by atoms with Crippen molar-refractivity contribution in [2.24, 2.45) is 9.98 Å². The lowest BCUT2D eigenvalue weighted by atomic mass is 9.82. The van der Waals surface area contributed by atoms with Crippen LogP contribution < -0.4 is 22.3 Å². The van der Waals surface area contributed by atoms with Gasteiger partial charge in [0.1, 0.15) is 14.7 Å². The zero-order valence-corrected chi connectivity index (χ0v) is 27.6. The highest BCUT2D eigenvalue weighted by atomic mass is 32.2. The molecule has 0 radical (unpaired) electrons. The molecule has 0 saturated carbocycles. The molecular weight excluding hydrogens is 735 g/mol. The molecule has 0 atom stereocenters. The van der Waals surface area contributed by atoms with E-state index in [-0.39, 0.29) is 33.8 Å². The van der Waals surface area contributed by atoms with Crippen LogP contribution in [0.2, 0.25) is 0 Å². The van der Waals surface area contributed by atoms with E-state index >= 15 is 0 Å². The second-order valence-electron chi connectivity index (χ2n) is 10.6. The smallest absolute Gasteiger partial charge is 0.297 e. The summed E-state index contributed by atoms with van der Waals surface area (Å²) in [5.41, 5.74) is 2.06. The topological polar surface area (TPSA) is 325 Å². The van der Waals surface area contributed by atoms with Crippen molar-refractivity contribution in [2.75, 3.05) is 11.1 Å². The summed E-state index contributed by atoms with van der Waals surface area (Å²) in [5.74, 6) is -1.57. The average molecular weight is 756 g/mol. The van der Waals surface area contributed by atoms with Gasteiger partial charge in [-0.2, -0.15) is 30.2 Å². The van der Waals surface area contributed by atoms with Gasteiger partial charge in [0.15, 0.2) is 11.6 Å². The number of hydrogen-bond acceptors (Lipinski definition) is 14. The van der Waals surface area contributed by atoms with Crippen LogP contribution in [0, 0.1) is 0 Å². The van der Waals surface area contributed by atoms with Gasteiger partial charge in [-0.3, -0.25) is 33.2 Å². The molecule has 0 fully saturated rings. The largest absolute Gasteiger partial charge is 0.480 e. The molecule has 262 valence electrons. The number of nitrogen functional groups attached to an aromatic ring is 1.